The Morgan fingerprint density at radius 2 is 1.90 bits per heavy atom. The van der Waals surface area contributed by atoms with Crippen molar-refractivity contribution in [1.82, 2.24) is 10.2 Å². The zero-order valence-corrected chi connectivity index (χ0v) is 18.4. The van der Waals surface area contributed by atoms with Crippen LogP contribution in [0.4, 0.5) is 10.5 Å². The number of hydrogen-bond donors (Lipinski definition) is 2. The molecule has 31 heavy (non-hydrogen) atoms. The molecule has 166 valence electrons. The van der Waals surface area contributed by atoms with Gasteiger partial charge in [0.2, 0.25) is 5.91 Å². The molecule has 0 aliphatic carbocycles. The average Bonchev–Trinajstić information content (AvgIpc) is 2.79. The standard InChI is InChI=1S/C24H31N3O4/c1-4-31-20-11-9-19(10-12-20)26-23(29)27-14-6-13-24(2,17-27)22(28)25-16-18-7-5-8-21(15-18)30-3/h5,7-12,15H,4,6,13-14,16-17H2,1-3H3,(H,25,28)(H,26,29)/t24-/m0/s1. The summed E-state index contributed by atoms with van der Waals surface area (Å²) in [5, 5.41) is 5.94. The summed E-state index contributed by atoms with van der Waals surface area (Å²) in [6.45, 7) is 5.86. The van der Waals surface area contributed by atoms with Gasteiger partial charge in [-0.15, -0.1) is 0 Å². The normalized spacial score (nSPS) is 18.2. The minimum Gasteiger partial charge on any atom is -0.497 e. The van der Waals surface area contributed by atoms with Crippen LogP contribution in [-0.2, 0) is 11.3 Å². The predicted molar refractivity (Wildman–Crippen MR) is 120 cm³/mol. The summed E-state index contributed by atoms with van der Waals surface area (Å²) < 4.78 is 10.7. The van der Waals surface area contributed by atoms with Gasteiger partial charge in [0.15, 0.2) is 0 Å². The van der Waals surface area contributed by atoms with E-state index in [2.05, 4.69) is 10.6 Å². The van der Waals surface area contributed by atoms with Crippen LogP contribution in [0.15, 0.2) is 48.5 Å². The molecule has 0 unspecified atom stereocenters. The molecular weight excluding hydrogens is 394 g/mol. The van der Waals surface area contributed by atoms with Crippen molar-refractivity contribution in [3.63, 3.8) is 0 Å². The number of piperidine rings is 1. The highest BCUT2D eigenvalue weighted by molar-refractivity contribution is 5.90. The van der Waals surface area contributed by atoms with Crippen LogP contribution >= 0.6 is 0 Å². The number of nitrogens with zero attached hydrogens (tertiary/aromatic N) is 1. The van der Waals surface area contributed by atoms with Gasteiger partial charge in [0.25, 0.3) is 0 Å². The molecule has 0 radical (unpaired) electrons. The number of hydrogen-bond acceptors (Lipinski definition) is 4. The molecule has 1 saturated heterocycles. The number of nitrogens with one attached hydrogen (secondary N) is 2. The topological polar surface area (TPSA) is 79.9 Å². The first-order valence-electron chi connectivity index (χ1n) is 10.6. The fraction of sp³-hybridized carbons (Fsp3) is 0.417. The molecule has 1 fully saturated rings. The predicted octanol–water partition coefficient (Wildman–Crippen LogP) is 4.04. The molecule has 7 nitrogen and oxygen atoms in total. The molecule has 0 saturated carbocycles. The lowest BCUT2D eigenvalue weighted by atomic mass is 9.81. The number of carbonyl (C=O) groups excluding carboxylic acids is 2. The number of rotatable bonds is 7. The molecule has 2 N–H and O–H groups in total. The molecule has 2 aromatic carbocycles. The van der Waals surface area contributed by atoms with Gasteiger partial charge in [-0.3, -0.25) is 4.79 Å². The maximum absolute atomic E-state index is 13.0. The van der Waals surface area contributed by atoms with Crippen molar-refractivity contribution >= 4 is 17.6 Å². The zero-order valence-electron chi connectivity index (χ0n) is 18.4. The summed E-state index contributed by atoms with van der Waals surface area (Å²) in [5.41, 5.74) is 1.04. The van der Waals surface area contributed by atoms with Crippen LogP contribution in [0.25, 0.3) is 0 Å². The van der Waals surface area contributed by atoms with Crippen molar-refractivity contribution < 1.29 is 19.1 Å². The smallest absolute Gasteiger partial charge is 0.321 e. The van der Waals surface area contributed by atoms with Crippen LogP contribution in [0.5, 0.6) is 11.5 Å². The van der Waals surface area contributed by atoms with Crippen molar-refractivity contribution in [3.8, 4) is 11.5 Å². The summed E-state index contributed by atoms with van der Waals surface area (Å²) in [6, 6.07) is 14.7. The Bertz CT molecular complexity index is 900. The highest BCUT2D eigenvalue weighted by Crippen LogP contribution is 2.30. The van der Waals surface area contributed by atoms with Crippen molar-refractivity contribution in [2.75, 3.05) is 32.1 Å². The first-order valence-corrected chi connectivity index (χ1v) is 10.6. The van der Waals surface area contributed by atoms with E-state index in [1.54, 1.807) is 12.0 Å². The maximum Gasteiger partial charge on any atom is 0.321 e. The van der Waals surface area contributed by atoms with Crippen molar-refractivity contribution in [1.29, 1.82) is 0 Å². The maximum atomic E-state index is 13.0. The molecule has 0 aromatic heterocycles. The van der Waals surface area contributed by atoms with E-state index in [1.807, 2.05) is 62.4 Å². The second-order valence-electron chi connectivity index (χ2n) is 8.01. The molecule has 0 spiro atoms. The fourth-order valence-electron chi connectivity index (χ4n) is 3.78. The lowest BCUT2D eigenvalue weighted by Crippen LogP contribution is -2.52. The zero-order chi connectivity index (χ0) is 22.3. The average molecular weight is 426 g/mol. The molecular formula is C24H31N3O4. The van der Waals surface area contributed by atoms with Crippen LogP contribution in [0.3, 0.4) is 0 Å². The number of benzene rings is 2. The van der Waals surface area contributed by atoms with Gasteiger partial charge in [-0.2, -0.15) is 0 Å². The molecule has 3 rings (SSSR count). The first-order chi connectivity index (χ1) is 14.9. The summed E-state index contributed by atoms with van der Waals surface area (Å²) in [6.07, 6.45) is 1.52. The highest BCUT2D eigenvalue weighted by Gasteiger charge is 2.39. The van der Waals surface area contributed by atoms with Crippen molar-refractivity contribution in [2.24, 2.45) is 5.41 Å². The molecule has 7 heteroatoms. The van der Waals surface area contributed by atoms with Crippen molar-refractivity contribution in [3.05, 3.63) is 54.1 Å². The third-order valence-corrected chi connectivity index (χ3v) is 5.54. The minimum atomic E-state index is -0.632. The number of ether oxygens (including phenoxy) is 2. The van der Waals surface area contributed by atoms with Gasteiger partial charge in [0, 0.05) is 25.3 Å². The number of anilines is 1. The SMILES string of the molecule is CCOc1ccc(NC(=O)N2CCC[C@](C)(C(=O)NCc3cccc(OC)c3)C2)cc1. The number of likely N-dealkylation sites (tertiary alicyclic amines) is 1. The van der Waals surface area contributed by atoms with Gasteiger partial charge < -0.3 is 25.0 Å². The van der Waals surface area contributed by atoms with E-state index in [0.29, 0.717) is 31.9 Å². The van der Waals surface area contributed by atoms with Crippen LogP contribution < -0.4 is 20.1 Å². The second-order valence-corrected chi connectivity index (χ2v) is 8.01. The lowest BCUT2D eigenvalue weighted by molar-refractivity contribution is -0.132. The molecule has 0 bridgehead atoms. The monoisotopic (exact) mass is 425 g/mol. The summed E-state index contributed by atoms with van der Waals surface area (Å²) in [5.74, 6) is 1.47. The van der Waals surface area contributed by atoms with Gasteiger partial charge in [-0.05, 0) is 68.7 Å². The van der Waals surface area contributed by atoms with Gasteiger partial charge in [-0.25, -0.2) is 4.79 Å². The Hall–Kier alpha value is -3.22. The number of amides is 3. The van der Waals surface area contributed by atoms with Gasteiger partial charge in [0.1, 0.15) is 11.5 Å². The van der Waals surface area contributed by atoms with Crippen molar-refractivity contribution in [2.45, 2.75) is 33.2 Å². The fourth-order valence-corrected chi connectivity index (χ4v) is 3.78. The number of carbonyl (C=O) groups is 2. The Labute approximate surface area is 183 Å². The Kier molecular flexibility index (Phi) is 7.39. The minimum absolute atomic E-state index is 0.0473. The van der Waals surface area contributed by atoms with E-state index in [0.717, 1.165) is 29.9 Å². The van der Waals surface area contributed by atoms with Gasteiger partial charge in [-0.1, -0.05) is 12.1 Å². The Morgan fingerprint density at radius 3 is 2.61 bits per heavy atom. The molecule has 3 amide bonds. The molecule has 1 aliphatic rings. The number of urea groups is 1. The highest BCUT2D eigenvalue weighted by atomic mass is 16.5. The third kappa shape index (κ3) is 5.90. The number of methoxy groups -OCH3 is 1. The van der Waals surface area contributed by atoms with E-state index in [9.17, 15) is 9.59 Å². The molecule has 1 aliphatic heterocycles. The van der Waals surface area contributed by atoms with Crippen LogP contribution in [0.2, 0.25) is 0 Å². The third-order valence-electron chi connectivity index (χ3n) is 5.54. The van der Waals surface area contributed by atoms with E-state index in [-0.39, 0.29) is 11.9 Å². The van der Waals surface area contributed by atoms with E-state index >= 15 is 0 Å². The van der Waals surface area contributed by atoms with Crippen LogP contribution in [-0.4, -0.2) is 43.6 Å². The quantitative estimate of drug-likeness (QED) is 0.702. The summed E-state index contributed by atoms with van der Waals surface area (Å²) in [7, 11) is 1.62. The Morgan fingerprint density at radius 1 is 1.13 bits per heavy atom. The van der Waals surface area contributed by atoms with E-state index in [4.69, 9.17) is 9.47 Å². The van der Waals surface area contributed by atoms with Gasteiger partial charge >= 0.3 is 6.03 Å². The lowest BCUT2D eigenvalue weighted by Gasteiger charge is -2.39. The Balaban J connectivity index is 1.57. The van der Waals surface area contributed by atoms with E-state index in [1.165, 1.54) is 0 Å². The summed E-state index contributed by atoms with van der Waals surface area (Å²) >= 11 is 0. The van der Waals surface area contributed by atoms with Crippen LogP contribution in [0.1, 0.15) is 32.3 Å². The largest absolute Gasteiger partial charge is 0.497 e. The molecule has 1 atom stereocenters. The van der Waals surface area contributed by atoms with Gasteiger partial charge in [0.05, 0.1) is 19.1 Å². The first kappa shape index (κ1) is 22.5. The molecule has 1 heterocycles. The van der Waals surface area contributed by atoms with E-state index < -0.39 is 5.41 Å². The van der Waals surface area contributed by atoms with Crippen LogP contribution in [0, 0.1) is 5.41 Å². The molecule has 2 aromatic rings. The summed E-state index contributed by atoms with van der Waals surface area (Å²) in [4.78, 5) is 27.4. The second kappa shape index (κ2) is 10.2.